The number of benzene rings is 1. The molecule has 1 aromatic heterocycles. The van der Waals surface area contributed by atoms with E-state index in [0.717, 1.165) is 0 Å². The molecule has 0 aliphatic carbocycles. The zero-order valence-corrected chi connectivity index (χ0v) is 11.3. The Kier molecular flexibility index (Phi) is 3.84. The lowest BCUT2D eigenvalue weighted by Crippen LogP contribution is -2.09. The van der Waals surface area contributed by atoms with Crippen LogP contribution in [0.4, 0.5) is 4.39 Å². The number of aromatic nitrogens is 2. The largest absolute Gasteiger partial charge is 0.481 e. The van der Waals surface area contributed by atoms with Gasteiger partial charge in [0.1, 0.15) is 5.82 Å². The van der Waals surface area contributed by atoms with Crippen molar-refractivity contribution in [2.45, 2.75) is 12.8 Å². The molecule has 0 bridgehead atoms. The van der Waals surface area contributed by atoms with Crippen LogP contribution in [0.1, 0.15) is 12.0 Å². The number of nitrogens with one attached hydrogen (secondary N) is 2. The van der Waals surface area contributed by atoms with Gasteiger partial charge >= 0.3 is 5.97 Å². The van der Waals surface area contributed by atoms with Gasteiger partial charge in [0.05, 0.1) is 5.69 Å². The lowest BCUT2D eigenvalue weighted by Gasteiger charge is -2.04. The zero-order valence-electron chi connectivity index (χ0n) is 9.67. The normalized spacial score (nSPS) is 10.6. The molecule has 0 aliphatic heterocycles. The second kappa shape index (κ2) is 5.40. The van der Waals surface area contributed by atoms with Crippen LogP contribution in [0.25, 0.3) is 11.3 Å². The molecule has 0 spiro atoms. The first kappa shape index (κ1) is 13.5. The lowest BCUT2D eigenvalue weighted by molar-refractivity contribution is -0.136. The Balaban J connectivity index is 2.48. The maximum atomic E-state index is 13.8. The molecule has 0 aliphatic rings. The lowest BCUT2D eigenvalue weighted by atomic mass is 10.0. The first-order chi connectivity index (χ1) is 8.99. The SMILES string of the molecule is O=C(O)CCc1c(-c2cc(Br)ccc2F)[nH][nH]c1=O. The average Bonchev–Trinajstić information content (AvgIpc) is 2.71. The van der Waals surface area contributed by atoms with E-state index in [4.69, 9.17) is 5.11 Å². The highest BCUT2D eigenvalue weighted by atomic mass is 79.9. The fourth-order valence-corrected chi connectivity index (χ4v) is 2.13. The van der Waals surface area contributed by atoms with Crippen molar-refractivity contribution in [1.29, 1.82) is 0 Å². The van der Waals surface area contributed by atoms with E-state index in [2.05, 4.69) is 26.1 Å². The molecular formula is C12H10BrFN2O3. The van der Waals surface area contributed by atoms with E-state index < -0.39 is 17.3 Å². The summed E-state index contributed by atoms with van der Waals surface area (Å²) >= 11 is 3.22. The van der Waals surface area contributed by atoms with Gasteiger partial charge in [-0.15, -0.1) is 0 Å². The molecule has 0 atom stereocenters. The van der Waals surface area contributed by atoms with Crippen molar-refractivity contribution in [3.8, 4) is 11.3 Å². The molecule has 2 aromatic rings. The number of aromatic amines is 2. The molecule has 19 heavy (non-hydrogen) atoms. The van der Waals surface area contributed by atoms with Gasteiger partial charge < -0.3 is 5.11 Å². The number of halogens is 2. The molecule has 1 aromatic carbocycles. The van der Waals surface area contributed by atoms with Crippen LogP contribution in [0.5, 0.6) is 0 Å². The second-order valence-electron chi connectivity index (χ2n) is 3.95. The first-order valence-electron chi connectivity index (χ1n) is 5.45. The molecule has 0 saturated heterocycles. The number of hydrogen-bond donors (Lipinski definition) is 3. The van der Waals surface area contributed by atoms with Gasteiger partial charge in [-0.2, -0.15) is 0 Å². The monoisotopic (exact) mass is 328 g/mol. The molecule has 0 unspecified atom stereocenters. The van der Waals surface area contributed by atoms with E-state index in [9.17, 15) is 14.0 Å². The van der Waals surface area contributed by atoms with E-state index in [1.54, 1.807) is 6.07 Å². The molecule has 0 radical (unpaired) electrons. The van der Waals surface area contributed by atoms with Crippen molar-refractivity contribution in [3.63, 3.8) is 0 Å². The topological polar surface area (TPSA) is 85.9 Å². The summed E-state index contributed by atoms with van der Waals surface area (Å²) in [6, 6.07) is 4.34. The molecule has 100 valence electrons. The summed E-state index contributed by atoms with van der Waals surface area (Å²) in [5.41, 5.74) is 0.299. The van der Waals surface area contributed by atoms with Crippen LogP contribution in [0.3, 0.4) is 0 Å². The van der Waals surface area contributed by atoms with E-state index in [-0.39, 0.29) is 29.7 Å². The van der Waals surface area contributed by atoms with Crippen LogP contribution in [0.2, 0.25) is 0 Å². The predicted octanol–water partition coefficient (Wildman–Crippen LogP) is 2.29. The van der Waals surface area contributed by atoms with E-state index in [1.165, 1.54) is 12.1 Å². The van der Waals surface area contributed by atoms with Gasteiger partial charge in [0.25, 0.3) is 5.56 Å². The quantitative estimate of drug-likeness (QED) is 0.804. The van der Waals surface area contributed by atoms with Gasteiger partial charge in [0, 0.05) is 22.0 Å². The number of rotatable bonds is 4. The molecule has 2 rings (SSSR count). The van der Waals surface area contributed by atoms with Crippen molar-refractivity contribution in [2.75, 3.05) is 0 Å². The third-order valence-electron chi connectivity index (χ3n) is 2.66. The summed E-state index contributed by atoms with van der Waals surface area (Å²) in [6.07, 6.45) is -0.154. The molecule has 3 N–H and O–H groups in total. The van der Waals surface area contributed by atoms with Crippen LogP contribution in [0.15, 0.2) is 27.5 Å². The first-order valence-corrected chi connectivity index (χ1v) is 6.25. The summed E-state index contributed by atoms with van der Waals surface area (Å²) < 4.78 is 14.4. The molecule has 0 amide bonds. The fraction of sp³-hybridized carbons (Fsp3) is 0.167. The van der Waals surface area contributed by atoms with Crippen molar-refractivity contribution in [3.05, 3.63) is 44.4 Å². The third kappa shape index (κ3) is 2.93. The number of hydrogen-bond acceptors (Lipinski definition) is 2. The minimum atomic E-state index is -1.01. The van der Waals surface area contributed by atoms with Crippen LogP contribution >= 0.6 is 15.9 Å². The van der Waals surface area contributed by atoms with Gasteiger partial charge in [-0.05, 0) is 24.6 Å². The van der Waals surface area contributed by atoms with E-state index in [0.29, 0.717) is 4.47 Å². The Morgan fingerprint density at radius 1 is 1.37 bits per heavy atom. The predicted molar refractivity (Wildman–Crippen MR) is 70.5 cm³/mol. The Bertz CT molecular complexity index is 678. The fourth-order valence-electron chi connectivity index (χ4n) is 1.77. The van der Waals surface area contributed by atoms with Crippen LogP contribution in [-0.4, -0.2) is 21.3 Å². The van der Waals surface area contributed by atoms with Gasteiger partial charge in [-0.3, -0.25) is 19.8 Å². The highest BCUT2D eigenvalue weighted by Gasteiger charge is 2.16. The number of aliphatic carboxylic acids is 1. The van der Waals surface area contributed by atoms with Gasteiger partial charge in [0.2, 0.25) is 0 Å². The minimum Gasteiger partial charge on any atom is -0.481 e. The summed E-state index contributed by atoms with van der Waals surface area (Å²) in [5.74, 6) is -1.50. The maximum Gasteiger partial charge on any atom is 0.303 e. The van der Waals surface area contributed by atoms with Gasteiger partial charge in [-0.25, -0.2) is 4.39 Å². The smallest absolute Gasteiger partial charge is 0.303 e. The van der Waals surface area contributed by atoms with Crippen molar-refractivity contribution in [2.24, 2.45) is 0 Å². The summed E-state index contributed by atoms with van der Waals surface area (Å²) in [6.45, 7) is 0. The summed E-state index contributed by atoms with van der Waals surface area (Å²) in [7, 11) is 0. The summed E-state index contributed by atoms with van der Waals surface area (Å²) in [5, 5.41) is 13.6. The number of H-pyrrole nitrogens is 2. The number of carboxylic acid groups (broad SMARTS) is 1. The van der Waals surface area contributed by atoms with Gasteiger partial charge in [-0.1, -0.05) is 15.9 Å². The molecule has 0 saturated carbocycles. The van der Waals surface area contributed by atoms with Crippen LogP contribution in [-0.2, 0) is 11.2 Å². The molecule has 1 heterocycles. The number of carbonyl (C=O) groups is 1. The number of carboxylic acids is 1. The third-order valence-corrected chi connectivity index (χ3v) is 3.16. The molecular weight excluding hydrogens is 319 g/mol. The van der Waals surface area contributed by atoms with E-state index >= 15 is 0 Å². The molecule has 5 nitrogen and oxygen atoms in total. The average molecular weight is 329 g/mol. The van der Waals surface area contributed by atoms with E-state index in [1.807, 2.05) is 0 Å². The maximum absolute atomic E-state index is 13.8. The minimum absolute atomic E-state index is 0.0372. The van der Waals surface area contributed by atoms with Crippen LogP contribution in [0, 0.1) is 5.82 Å². The Morgan fingerprint density at radius 2 is 2.11 bits per heavy atom. The van der Waals surface area contributed by atoms with Crippen molar-refractivity contribution in [1.82, 2.24) is 10.2 Å². The van der Waals surface area contributed by atoms with Gasteiger partial charge in [0.15, 0.2) is 0 Å². The zero-order chi connectivity index (χ0) is 14.0. The Morgan fingerprint density at radius 3 is 2.79 bits per heavy atom. The second-order valence-corrected chi connectivity index (χ2v) is 4.87. The van der Waals surface area contributed by atoms with Crippen molar-refractivity contribution >= 4 is 21.9 Å². The summed E-state index contributed by atoms with van der Waals surface area (Å²) in [4.78, 5) is 22.2. The molecule has 0 fully saturated rings. The Labute approximate surface area is 115 Å². The Hall–Kier alpha value is -1.89. The van der Waals surface area contributed by atoms with Crippen LogP contribution < -0.4 is 5.56 Å². The standard InChI is InChI=1S/C12H10BrFN2O3/c13-6-1-3-9(14)8(5-6)11-7(2-4-10(17)18)12(19)16-15-11/h1,3,5H,2,4H2,(H,17,18)(H2,15,16,19). The van der Waals surface area contributed by atoms with Crippen molar-refractivity contribution < 1.29 is 14.3 Å². The highest BCUT2D eigenvalue weighted by molar-refractivity contribution is 9.10. The highest BCUT2D eigenvalue weighted by Crippen LogP contribution is 2.26. The molecule has 7 heteroatoms.